The van der Waals surface area contributed by atoms with E-state index in [1.54, 1.807) is 0 Å². The minimum Gasteiger partial charge on any atom is -0.380 e. The van der Waals surface area contributed by atoms with Crippen LogP contribution in [0.5, 0.6) is 0 Å². The SMILES string of the molecule is CCOCC(C(C)C)n1c(CCl)nc2ccccc21. The van der Waals surface area contributed by atoms with E-state index in [1.807, 2.05) is 25.1 Å². The Bertz CT molecular complexity index is 536. The summed E-state index contributed by atoms with van der Waals surface area (Å²) < 4.78 is 7.88. The van der Waals surface area contributed by atoms with Crippen LogP contribution in [0.4, 0.5) is 0 Å². The molecule has 2 aromatic rings. The first-order chi connectivity index (χ1) is 9.19. The van der Waals surface area contributed by atoms with Crippen molar-refractivity contribution in [3.63, 3.8) is 0 Å². The van der Waals surface area contributed by atoms with E-state index < -0.39 is 0 Å². The van der Waals surface area contributed by atoms with Gasteiger partial charge in [0.05, 0.1) is 29.6 Å². The summed E-state index contributed by atoms with van der Waals surface area (Å²) in [6.07, 6.45) is 0. The maximum absolute atomic E-state index is 6.06. The number of nitrogens with zero attached hydrogens (tertiary/aromatic N) is 2. The van der Waals surface area contributed by atoms with E-state index in [0.29, 0.717) is 18.4 Å². The van der Waals surface area contributed by atoms with E-state index in [9.17, 15) is 0 Å². The molecular formula is C15H21ClN2O. The highest BCUT2D eigenvalue weighted by molar-refractivity contribution is 6.16. The standard InChI is InChI=1S/C15H21ClN2O/c1-4-19-10-14(11(2)3)18-13-8-6-5-7-12(13)17-15(18)9-16/h5-8,11,14H,4,9-10H2,1-3H3. The van der Waals surface area contributed by atoms with Crippen LogP contribution in [0.1, 0.15) is 32.6 Å². The Balaban J connectivity index is 2.50. The first-order valence-electron chi connectivity index (χ1n) is 6.78. The van der Waals surface area contributed by atoms with E-state index in [2.05, 4.69) is 29.5 Å². The number of fused-ring (bicyclic) bond motifs is 1. The third-order valence-electron chi connectivity index (χ3n) is 3.38. The van der Waals surface area contributed by atoms with Crippen molar-refractivity contribution in [3.05, 3.63) is 30.1 Å². The average molecular weight is 281 g/mol. The third-order valence-corrected chi connectivity index (χ3v) is 3.62. The number of para-hydroxylation sites is 2. The molecule has 4 heteroatoms. The molecule has 0 aliphatic heterocycles. The van der Waals surface area contributed by atoms with Crippen molar-refractivity contribution in [3.8, 4) is 0 Å². The summed E-state index contributed by atoms with van der Waals surface area (Å²) in [5.74, 6) is 1.80. The highest BCUT2D eigenvalue weighted by atomic mass is 35.5. The van der Waals surface area contributed by atoms with Crippen molar-refractivity contribution in [2.45, 2.75) is 32.7 Å². The van der Waals surface area contributed by atoms with Gasteiger partial charge in [-0.2, -0.15) is 0 Å². The van der Waals surface area contributed by atoms with Crippen LogP contribution in [0, 0.1) is 5.92 Å². The van der Waals surface area contributed by atoms with E-state index in [-0.39, 0.29) is 6.04 Å². The molecule has 0 fully saturated rings. The smallest absolute Gasteiger partial charge is 0.125 e. The highest BCUT2D eigenvalue weighted by Gasteiger charge is 2.21. The zero-order valence-corrected chi connectivity index (χ0v) is 12.5. The van der Waals surface area contributed by atoms with Crippen molar-refractivity contribution < 1.29 is 4.74 Å². The van der Waals surface area contributed by atoms with Gasteiger partial charge in [-0.15, -0.1) is 11.6 Å². The van der Waals surface area contributed by atoms with Crippen LogP contribution in [0.15, 0.2) is 24.3 Å². The number of benzene rings is 1. The van der Waals surface area contributed by atoms with Gasteiger partial charge in [-0.25, -0.2) is 4.98 Å². The number of rotatable bonds is 6. The van der Waals surface area contributed by atoms with Gasteiger partial charge in [-0.3, -0.25) is 0 Å². The Morgan fingerprint density at radius 1 is 1.32 bits per heavy atom. The number of hydrogen-bond acceptors (Lipinski definition) is 2. The molecule has 1 aromatic carbocycles. The molecule has 0 saturated carbocycles. The molecule has 0 N–H and O–H groups in total. The molecule has 0 aliphatic rings. The van der Waals surface area contributed by atoms with Gasteiger partial charge in [-0.1, -0.05) is 26.0 Å². The van der Waals surface area contributed by atoms with E-state index in [4.69, 9.17) is 16.3 Å². The molecule has 3 nitrogen and oxygen atoms in total. The van der Waals surface area contributed by atoms with Crippen molar-refractivity contribution in [1.82, 2.24) is 9.55 Å². The summed E-state index contributed by atoms with van der Waals surface area (Å²) in [5, 5.41) is 0. The van der Waals surface area contributed by atoms with Crippen LogP contribution >= 0.6 is 11.6 Å². The maximum Gasteiger partial charge on any atom is 0.125 e. The zero-order chi connectivity index (χ0) is 13.8. The molecule has 19 heavy (non-hydrogen) atoms. The lowest BCUT2D eigenvalue weighted by Crippen LogP contribution is -2.22. The van der Waals surface area contributed by atoms with Crippen LogP contribution in [0.3, 0.4) is 0 Å². The monoisotopic (exact) mass is 280 g/mol. The van der Waals surface area contributed by atoms with Gasteiger partial charge >= 0.3 is 0 Å². The van der Waals surface area contributed by atoms with Gasteiger partial charge in [0, 0.05) is 6.61 Å². The van der Waals surface area contributed by atoms with Crippen molar-refractivity contribution in [2.75, 3.05) is 13.2 Å². The van der Waals surface area contributed by atoms with Crippen molar-refractivity contribution in [2.24, 2.45) is 5.92 Å². The van der Waals surface area contributed by atoms with Gasteiger partial charge in [0.15, 0.2) is 0 Å². The zero-order valence-electron chi connectivity index (χ0n) is 11.8. The Morgan fingerprint density at radius 3 is 2.68 bits per heavy atom. The minimum atomic E-state index is 0.265. The number of ether oxygens (including phenoxy) is 1. The lowest BCUT2D eigenvalue weighted by Gasteiger charge is -2.24. The summed E-state index contributed by atoms with van der Waals surface area (Å²) in [6.45, 7) is 7.85. The van der Waals surface area contributed by atoms with Gasteiger partial charge < -0.3 is 9.30 Å². The molecule has 0 amide bonds. The Kier molecular flexibility index (Phi) is 4.83. The lowest BCUT2D eigenvalue weighted by molar-refractivity contribution is 0.0971. The molecule has 1 atom stereocenters. The molecule has 0 saturated heterocycles. The summed E-state index contributed by atoms with van der Waals surface area (Å²) in [4.78, 5) is 4.62. The first kappa shape index (κ1) is 14.4. The van der Waals surface area contributed by atoms with Crippen LogP contribution in [-0.2, 0) is 10.6 Å². The maximum atomic E-state index is 6.06. The summed E-state index contributed by atoms with van der Waals surface area (Å²) in [6, 6.07) is 8.43. The summed E-state index contributed by atoms with van der Waals surface area (Å²) in [5.41, 5.74) is 2.14. The highest BCUT2D eigenvalue weighted by Crippen LogP contribution is 2.27. The van der Waals surface area contributed by atoms with E-state index >= 15 is 0 Å². The lowest BCUT2D eigenvalue weighted by atomic mass is 10.0. The van der Waals surface area contributed by atoms with Crippen molar-refractivity contribution >= 4 is 22.6 Å². The van der Waals surface area contributed by atoms with Crippen LogP contribution in [0.25, 0.3) is 11.0 Å². The molecule has 0 bridgehead atoms. The van der Waals surface area contributed by atoms with Gasteiger partial charge in [0.25, 0.3) is 0 Å². The summed E-state index contributed by atoms with van der Waals surface area (Å²) >= 11 is 6.06. The van der Waals surface area contributed by atoms with Crippen LogP contribution in [0.2, 0.25) is 0 Å². The summed E-state index contributed by atoms with van der Waals surface area (Å²) in [7, 11) is 0. The Labute approximate surface area is 119 Å². The number of imidazole rings is 1. The molecule has 2 rings (SSSR count). The molecule has 1 heterocycles. The Hall–Kier alpha value is -1.06. The third kappa shape index (κ3) is 2.93. The van der Waals surface area contributed by atoms with Crippen LogP contribution < -0.4 is 0 Å². The fraction of sp³-hybridized carbons (Fsp3) is 0.533. The number of aromatic nitrogens is 2. The normalized spacial score (nSPS) is 13.3. The number of halogens is 1. The quantitative estimate of drug-likeness (QED) is 0.748. The molecule has 0 spiro atoms. The molecule has 1 unspecified atom stereocenters. The fourth-order valence-electron chi connectivity index (χ4n) is 2.36. The van der Waals surface area contributed by atoms with Crippen molar-refractivity contribution in [1.29, 1.82) is 0 Å². The van der Waals surface area contributed by atoms with Crippen LogP contribution in [-0.4, -0.2) is 22.8 Å². The fourth-order valence-corrected chi connectivity index (χ4v) is 2.55. The molecular weight excluding hydrogens is 260 g/mol. The van der Waals surface area contributed by atoms with Gasteiger partial charge in [0.1, 0.15) is 5.82 Å². The van der Waals surface area contributed by atoms with Gasteiger partial charge in [-0.05, 0) is 25.0 Å². The average Bonchev–Trinajstić information content (AvgIpc) is 2.78. The molecule has 0 aliphatic carbocycles. The molecule has 104 valence electrons. The number of hydrogen-bond donors (Lipinski definition) is 0. The second kappa shape index (κ2) is 6.40. The van der Waals surface area contributed by atoms with E-state index in [0.717, 1.165) is 23.5 Å². The first-order valence-corrected chi connectivity index (χ1v) is 7.32. The topological polar surface area (TPSA) is 27.1 Å². The predicted octanol–water partition coefficient (Wildman–Crippen LogP) is 4.01. The van der Waals surface area contributed by atoms with Gasteiger partial charge in [0.2, 0.25) is 0 Å². The Morgan fingerprint density at radius 2 is 2.05 bits per heavy atom. The second-order valence-electron chi connectivity index (χ2n) is 4.99. The van der Waals surface area contributed by atoms with E-state index in [1.165, 1.54) is 0 Å². The molecule has 0 radical (unpaired) electrons. The predicted molar refractivity (Wildman–Crippen MR) is 79.7 cm³/mol. The second-order valence-corrected chi connectivity index (χ2v) is 5.26. The minimum absolute atomic E-state index is 0.265. The number of alkyl halides is 1. The molecule has 1 aromatic heterocycles. The largest absolute Gasteiger partial charge is 0.380 e.